The van der Waals surface area contributed by atoms with Crippen molar-refractivity contribution in [1.82, 2.24) is 0 Å². The maximum absolute atomic E-state index is 13.1. The molecule has 32 heavy (non-hydrogen) atoms. The molecule has 0 aliphatic carbocycles. The summed E-state index contributed by atoms with van der Waals surface area (Å²) >= 11 is 0.110. The summed E-state index contributed by atoms with van der Waals surface area (Å²) in [5.41, 5.74) is 10.0. The van der Waals surface area contributed by atoms with Gasteiger partial charge >= 0.3 is 198 Å². The van der Waals surface area contributed by atoms with Crippen LogP contribution >= 0.6 is 0 Å². The van der Waals surface area contributed by atoms with Crippen LogP contribution < -0.4 is 19.0 Å². The van der Waals surface area contributed by atoms with Gasteiger partial charge in [0.05, 0.1) is 0 Å². The van der Waals surface area contributed by atoms with Gasteiger partial charge in [0.2, 0.25) is 0 Å². The molecule has 7 nitrogen and oxygen atoms in total. The van der Waals surface area contributed by atoms with Crippen LogP contribution in [0.25, 0.3) is 5.53 Å². The summed E-state index contributed by atoms with van der Waals surface area (Å²) < 4.78 is 23.4. The number of carbonyl (C=O) groups excluding carboxylic acids is 1. The molecule has 9 heteroatoms. The number of benzene rings is 2. The van der Waals surface area contributed by atoms with Crippen LogP contribution in [0.1, 0.15) is 15.9 Å². The first-order valence-electron chi connectivity index (χ1n) is 10.5. The number of methoxy groups -OCH3 is 1. The first-order valence-corrected chi connectivity index (χ1v) is 16.2. The summed E-state index contributed by atoms with van der Waals surface area (Å²) in [6, 6.07) is 14.6. The van der Waals surface area contributed by atoms with Crippen LogP contribution in [0.2, 0.25) is 25.7 Å². The zero-order valence-electron chi connectivity index (χ0n) is 19.2. The summed E-state index contributed by atoms with van der Waals surface area (Å²) in [5.74, 6) is 0.541. The average molecular weight is 524 g/mol. The Kier molecular flexibility index (Phi) is 10.9. The second-order valence-corrected chi connectivity index (χ2v) is 16.1. The second kappa shape index (κ2) is 13.4. The molecule has 0 amide bonds. The van der Waals surface area contributed by atoms with Crippen molar-refractivity contribution in [3.63, 3.8) is 0 Å². The molecule has 0 spiro atoms. The number of rotatable bonds is 14. The molecule has 0 saturated carbocycles. The normalized spacial score (nSPS) is 11.1. The number of hydrogen-bond donors (Lipinski definition) is 1. The zero-order valence-corrected chi connectivity index (χ0v) is 21.9. The van der Waals surface area contributed by atoms with E-state index in [9.17, 15) is 4.79 Å². The van der Waals surface area contributed by atoms with Crippen LogP contribution in [0.15, 0.2) is 42.5 Å². The van der Waals surface area contributed by atoms with E-state index >= 15 is 0 Å². The van der Waals surface area contributed by atoms with E-state index in [1.807, 2.05) is 24.3 Å². The van der Waals surface area contributed by atoms with Crippen LogP contribution in [0, 0.1) is 0 Å². The zero-order chi connectivity index (χ0) is 23.4. The minimum absolute atomic E-state index is 0.000101. The van der Waals surface area contributed by atoms with E-state index < -0.39 is 14.0 Å². The Bertz CT molecular complexity index is 875. The van der Waals surface area contributed by atoms with Crippen LogP contribution in [0.3, 0.4) is 0 Å². The van der Waals surface area contributed by atoms with Gasteiger partial charge in [-0.05, 0) is 0 Å². The Balaban J connectivity index is 2.34. The molecule has 0 fully saturated rings. The first-order chi connectivity index (χ1) is 15.3. The van der Waals surface area contributed by atoms with Gasteiger partial charge in [0.1, 0.15) is 0 Å². The molecule has 0 atom stereocenters. The monoisotopic (exact) mass is 524 g/mol. The van der Waals surface area contributed by atoms with Gasteiger partial charge in [-0.15, -0.1) is 0 Å². The number of nitrogens with zero attached hydrogens (tertiary/aromatic N) is 1. The summed E-state index contributed by atoms with van der Waals surface area (Å²) in [6.45, 7) is 7.67. The number of nitrogens with one attached hydrogen (secondary N) is 1. The Morgan fingerprint density at radius 1 is 1.09 bits per heavy atom. The van der Waals surface area contributed by atoms with Gasteiger partial charge in [-0.2, -0.15) is 0 Å². The molecular formula is C23H32N2O5SeSi. The average Bonchev–Trinajstić information content (AvgIpc) is 2.76. The molecule has 2 aromatic carbocycles. The third kappa shape index (κ3) is 9.12. The van der Waals surface area contributed by atoms with E-state index in [-0.39, 0.29) is 34.9 Å². The van der Waals surface area contributed by atoms with Gasteiger partial charge in [-0.25, -0.2) is 0 Å². The van der Waals surface area contributed by atoms with E-state index in [0.29, 0.717) is 29.0 Å². The van der Waals surface area contributed by atoms with Crippen LogP contribution in [0.5, 0.6) is 11.5 Å². The van der Waals surface area contributed by atoms with E-state index in [1.165, 1.54) is 11.6 Å². The quantitative estimate of drug-likeness (QED) is 0.135. The van der Waals surface area contributed by atoms with Gasteiger partial charge in [0.15, 0.2) is 0 Å². The van der Waals surface area contributed by atoms with Crippen LogP contribution in [-0.2, 0) is 14.8 Å². The van der Waals surface area contributed by atoms with Crippen molar-refractivity contribution in [2.75, 3.05) is 33.7 Å². The third-order valence-corrected chi connectivity index (χ3v) is 8.33. The molecule has 0 heterocycles. The van der Waals surface area contributed by atoms with Crippen molar-refractivity contribution in [2.45, 2.75) is 31.0 Å². The molecule has 2 aromatic rings. The van der Waals surface area contributed by atoms with Gasteiger partial charge in [-0.1, -0.05) is 0 Å². The Morgan fingerprint density at radius 2 is 1.84 bits per heavy atom. The number of hydrogen-bond acceptors (Lipinski definition) is 5. The van der Waals surface area contributed by atoms with Crippen molar-refractivity contribution in [3.8, 4) is 11.5 Å². The Hall–Kier alpha value is -2.19. The van der Waals surface area contributed by atoms with E-state index in [4.69, 9.17) is 24.5 Å². The van der Waals surface area contributed by atoms with Crippen molar-refractivity contribution >= 4 is 33.5 Å². The van der Waals surface area contributed by atoms with Crippen molar-refractivity contribution in [3.05, 3.63) is 59.1 Å². The SMILES string of the molecule is COCOc1cc(OCC[NH+]=[N-])cc(C[Se]c2ccccc2)c1C(=O)OCC[Si](C)(C)C. The second-order valence-electron chi connectivity index (χ2n) is 8.31. The summed E-state index contributed by atoms with van der Waals surface area (Å²) in [7, 11) is 0.195. The molecule has 0 saturated heterocycles. The molecular weight excluding hydrogens is 491 g/mol. The van der Waals surface area contributed by atoms with Crippen molar-refractivity contribution in [2.24, 2.45) is 0 Å². The Labute approximate surface area is 197 Å². The molecule has 1 N–H and O–H groups in total. The van der Waals surface area contributed by atoms with Gasteiger partial charge in [0.25, 0.3) is 0 Å². The van der Waals surface area contributed by atoms with Crippen molar-refractivity contribution in [1.29, 1.82) is 0 Å². The molecule has 174 valence electrons. The minimum atomic E-state index is -1.33. The molecule has 0 radical (unpaired) electrons. The number of ether oxygens (including phenoxy) is 4. The van der Waals surface area contributed by atoms with Gasteiger partial charge < -0.3 is 0 Å². The third-order valence-electron chi connectivity index (χ3n) is 4.40. The fourth-order valence-corrected chi connectivity index (χ4v) is 5.33. The number of carbonyl (C=O) groups is 1. The predicted molar refractivity (Wildman–Crippen MR) is 128 cm³/mol. The summed E-state index contributed by atoms with van der Waals surface area (Å²) in [6.07, 6.45) is 0. The molecule has 0 aromatic heterocycles. The fourth-order valence-electron chi connectivity index (χ4n) is 2.72. The first kappa shape index (κ1) is 26.1. The van der Waals surface area contributed by atoms with E-state index in [1.54, 1.807) is 6.07 Å². The molecule has 0 bridgehead atoms. The van der Waals surface area contributed by atoms with E-state index in [0.717, 1.165) is 11.6 Å². The molecule has 0 aliphatic rings. The number of esters is 1. The topological polar surface area (TPSA) is 90.3 Å². The van der Waals surface area contributed by atoms with Crippen molar-refractivity contribution < 1.29 is 28.9 Å². The maximum atomic E-state index is 13.1. The standard InChI is InChI=1S/C23H32N2O5SeSi/c1-27-17-30-21-15-19(28-11-10-25-24)14-18(16-31-20-8-6-5-7-9-20)22(21)23(26)29-12-13-32(2,3)4/h5-9,14-15,25H,10-13,16-17H2,1-4H3. The summed E-state index contributed by atoms with van der Waals surface area (Å²) in [5, 5.41) is 2.74. The van der Waals surface area contributed by atoms with Gasteiger partial charge in [-0.3, -0.25) is 0 Å². The van der Waals surface area contributed by atoms with Gasteiger partial charge in [0, 0.05) is 0 Å². The van der Waals surface area contributed by atoms with Crippen LogP contribution in [0.4, 0.5) is 0 Å². The molecule has 2 rings (SSSR count). The molecule has 0 unspecified atom stereocenters. The summed E-state index contributed by atoms with van der Waals surface area (Å²) in [4.78, 5) is 13.1. The Morgan fingerprint density at radius 3 is 2.50 bits per heavy atom. The van der Waals surface area contributed by atoms with E-state index in [2.05, 4.69) is 36.9 Å². The molecule has 0 aliphatic heterocycles. The predicted octanol–water partition coefficient (Wildman–Crippen LogP) is 2.18. The van der Waals surface area contributed by atoms with Crippen LogP contribution in [-0.4, -0.2) is 62.7 Å². The fraction of sp³-hybridized carbons (Fsp3) is 0.435.